The maximum absolute atomic E-state index is 12.1. The van der Waals surface area contributed by atoms with Crippen LogP contribution < -0.4 is 20.3 Å². The van der Waals surface area contributed by atoms with Crippen molar-refractivity contribution >= 4 is 34.0 Å². The Labute approximate surface area is 172 Å². The molecule has 2 amide bonds. The summed E-state index contributed by atoms with van der Waals surface area (Å²) in [6.07, 6.45) is 3.47. The van der Waals surface area contributed by atoms with Crippen molar-refractivity contribution < 1.29 is 14.3 Å². The van der Waals surface area contributed by atoms with Crippen molar-refractivity contribution in [1.82, 2.24) is 14.9 Å². The molecule has 0 saturated carbocycles. The van der Waals surface area contributed by atoms with Gasteiger partial charge in [0.15, 0.2) is 5.13 Å². The first-order valence-electron chi connectivity index (χ1n) is 9.13. The Morgan fingerprint density at radius 1 is 1.28 bits per heavy atom. The Hall–Kier alpha value is -3.33. The van der Waals surface area contributed by atoms with Crippen molar-refractivity contribution in [3.8, 4) is 17.0 Å². The number of ether oxygens (including phenoxy) is 1. The molecule has 0 spiro atoms. The van der Waals surface area contributed by atoms with Crippen LogP contribution in [0, 0.1) is 0 Å². The van der Waals surface area contributed by atoms with Crippen molar-refractivity contribution in [2.24, 2.45) is 7.05 Å². The van der Waals surface area contributed by atoms with Crippen molar-refractivity contribution in [3.63, 3.8) is 0 Å². The lowest BCUT2D eigenvalue weighted by Gasteiger charge is -2.27. The number of benzene rings is 1. The number of anilines is 2. The van der Waals surface area contributed by atoms with Crippen LogP contribution in [-0.2, 0) is 11.8 Å². The fourth-order valence-electron chi connectivity index (χ4n) is 3.04. The van der Waals surface area contributed by atoms with Gasteiger partial charge in [-0.25, -0.2) is 4.98 Å². The Bertz CT molecular complexity index is 1060. The molecular weight excluding hydrogens is 390 g/mol. The molecule has 1 aromatic carbocycles. The Morgan fingerprint density at radius 2 is 2.14 bits per heavy atom. The second kappa shape index (κ2) is 7.96. The van der Waals surface area contributed by atoms with Crippen molar-refractivity contribution in [2.45, 2.75) is 0 Å². The van der Waals surface area contributed by atoms with E-state index in [1.54, 1.807) is 23.0 Å². The molecular formula is C20H21N5O3S. The number of amides is 2. The highest BCUT2D eigenvalue weighted by atomic mass is 32.1. The van der Waals surface area contributed by atoms with Crippen molar-refractivity contribution in [3.05, 3.63) is 47.6 Å². The van der Waals surface area contributed by atoms with Gasteiger partial charge in [0, 0.05) is 37.4 Å². The summed E-state index contributed by atoms with van der Waals surface area (Å²) in [5.41, 5.74) is 3.27. The van der Waals surface area contributed by atoms with E-state index in [-0.39, 0.29) is 18.4 Å². The predicted molar refractivity (Wildman–Crippen MR) is 113 cm³/mol. The molecule has 2 aromatic heterocycles. The number of carbonyl (C=O) groups is 2. The first-order valence-corrected chi connectivity index (χ1v) is 10.0. The molecule has 29 heavy (non-hydrogen) atoms. The van der Waals surface area contributed by atoms with Crippen LogP contribution in [0.15, 0.2) is 42.0 Å². The third kappa shape index (κ3) is 4.24. The zero-order valence-electron chi connectivity index (χ0n) is 16.1. The number of hydrogen-bond donors (Lipinski definition) is 2. The predicted octanol–water partition coefficient (Wildman–Crippen LogP) is 2.35. The number of fused-ring (bicyclic) bond motifs is 1. The first kappa shape index (κ1) is 19.0. The fraction of sp³-hybridized carbons (Fsp3) is 0.250. The third-order valence-corrected chi connectivity index (χ3v) is 5.36. The molecule has 0 unspecified atom stereocenters. The minimum absolute atomic E-state index is 0.121. The largest absolute Gasteiger partial charge is 0.490 e. The van der Waals surface area contributed by atoms with Crippen LogP contribution in [-0.4, -0.2) is 48.1 Å². The van der Waals surface area contributed by atoms with E-state index in [1.807, 2.05) is 37.7 Å². The third-order valence-electron chi connectivity index (χ3n) is 4.60. The number of rotatable bonds is 5. The smallest absolute Gasteiger partial charge is 0.253 e. The summed E-state index contributed by atoms with van der Waals surface area (Å²) in [6.45, 7) is 1.39. The zero-order valence-corrected chi connectivity index (χ0v) is 17.0. The van der Waals surface area contributed by atoms with Crippen LogP contribution in [0.3, 0.4) is 0 Å². The molecule has 150 valence electrons. The van der Waals surface area contributed by atoms with E-state index < -0.39 is 0 Å². The van der Waals surface area contributed by atoms with Crippen molar-refractivity contribution in [1.29, 1.82) is 0 Å². The van der Waals surface area contributed by atoms with Gasteiger partial charge in [0.25, 0.3) is 5.91 Å². The van der Waals surface area contributed by atoms with Crippen LogP contribution in [0.2, 0.25) is 0 Å². The molecule has 4 rings (SSSR count). The van der Waals surface area contributed by atoms with Gasteiger partial charge in [-0.3, -0.25) is 9.59 Å². The van der Waals surface area contributed by atoms with Gasteiger partial charge in [-0.05, 0) is 24.3 Å². The summed E-state index contributed by atoms with van der Waals surface area (Å²) in [4.78, 5) is 30.8. The number of likely N-dealkylation sites (N-methyl/N-ethyl adjacent to an activating group) is 1. The molecule has 0 atom stereocenters. The number of nitrogens with zero attached hydrogens (tertiary/aromatic N) is 3. The summed E-state index contributed by atoms with van der Waals surface area (Å²) in [6, 6.07) is 7.63. The average molecular weight is 411 g/mol. The van der Waals surface area contributed by atoms with E-state index in [0.29, 0.717) is 17.3 Å². The lowest BCUT2D eigenvalue weighted by atomic mass is 10.1. The molecule has 1 aliphatic heterocycles. The SMILES string of the molecule is CN1CCOc2ccc(-c3csc(NC(=O)CNC(=O)c4ccn(C)c4)n3)cc21. The normalized spacial score (nSPS) is 12.8. The summed E-state index contributed by atoms with van der Waals surface area (Å²) in [5.74, 6) is 0.246. The summed E-state index contributed by atoms with van der Waals surface area (Å²) >= 11 is 1.34. The Balaban J connectivity index is 1.37. The van der Waals surface area contributed by atoms with E-state index in [0.717, 1.165) is 29.2 Å². The summed E-state index contributed by atoms with van der Waals surface area (Å²) in [5, 5.41) is 7.71. The first-order chi connectivity index (χ1) is 14.0. The van der Waals surface area contributed by atoms with E-state index in [4.69, 9.17) is 4.74 Å². The number of nitrogens with one attached hydrogen (secondary N) is 2. The van der Waals surface area contributed by atoms with Gasteiger partial charge in [0.2, 0.25) is 5.91 Å². The molecule has 2 N–H and O–H groups in total. The topological polar surface area (TPSA) is 88.5 Å². The van der Waals surface area contributed by atoms with Crippen LogP contribution in [0.4, 0.5) is 10.8 Å². The number of hydrogen-bond acceptors (Lipinski definition) is 6. The van der Waals surface area contributed by atoms with Gasteiger partial charge >= 0.3 is 0 Å². The Kier molecular flexibility index (Phi) is 5.22. The highest BCUT2D eigenvalue weighted by molar-refractivity contribution is 7.14. The molecule has 0 bridgehead atoms. The molecule has 3 heterocycles. The van der Waals surface area contributed by atoms with Crippen LogP contribution in [0.5, 0.6) is 5.75 Å². The number of carbonyl (C=O) groups excluding carboxylic acids is 2. The number of aromatic nitrogens is 2. The van der Waals surface area contributed by atoms with Crippen LogP contribution in [0.25, 0.3) is 11.3 Å². The maximum atomic E-state index is 12.1. The second-order valence-electron chi connectivity index (χ2n) is 6.79. The van der Waals surface area contributed by atoms with Gasteiger partial charge < -0.3 is 24.8 Å². The minimum atomic E-state index is -0.325. The lowest BCUT2D eigenvalue weighted by molar-refractivity contribution is -0.115. The Morgan fingerprint density at radius 3 is 2.93 bits per heavy atom. The van der Waals surface area contributed by atoms with E-state index in [1.165, 1.54) is 11.3 Å². The summed E-state index contributed by atoms with van der Waals surface area (Å²) in [7, 11) is 3.86. The van der Waals surface area contributed by atoms with Crippen LogP contribution in [0.1, 0.15) is 10.4 Å². The van der Waals surface area contributed by atoms with Gasteiger partial charge in [0.05, 0.1) is 30.0 Å². The van der Waals surface area contributed by atoms with E-state index >= 15 is 0 Å². The molecule has 3 aromatic rings. The molecule has 9 heteroatoms. The highest BCUT2D eigenvalue weighted by Crippen LogP contribution is 2.35. The molecule has 8 nitrogen and oxygen atoms in total. The average Bonchev–Trinajstić information content (AvgIpc) is 3.35. The lowest BCUT2D eigenvalue weighted by Crippen LogP contribution is -2.32. The maximum Gasteiger partial charge on any atom is 0.253 e. The molecule has 0 radical (unpaired) electrons. The molecule has 1 aliphatic rings. The van der Waals surface area contributed by atoms with Crippen molar-refractivity contribution in [2.75, 3.05) is 37.0 Å². The van der Waals surface area contributed by atoms with Gasteiger partial charge in [-0.2, -0.15) is 0 Å². The fourth-order valence-corrected chi connectivity index (χ4v) is 3.77. The summed E-state index contributed by atoms with van der Waals surface area (Å²) < 4.78 is 7.44. The molecule has 0 aliphatic carbocycles. The standard InChI is InChI=1S/C20H21N5O3S/c1-24-6-5-14(11-24)19(27)21-10-18(26)23-20-22-15(12-29-20)13-3-4-17-16(9-13)25(2)7-8-28-17/h3-6,9,11-12H,7-8,10H2,1-2H3,(H,21,27)(H,22,23,26). The van der Waals surface area contributed by atoms with Crippen LogP contribution >= 0.6 is 11.3 Å². The zero-order chi connectivity index (χ0) is 20.4. The van der Waals surface area contributed by atoms with E-state index in [2.05, 4.69) is 20.5 Å². The minimum Gasteiger partial charge on any atom is -0.490 e. The van der Waals surface area contributed by atoms with Gasteiger partial charge in [-0.1, -0.05) is 0 Å². The number of aryl methyl sites for hydroxylation is 1. The quantitative estimate of drug-likeness (QED) is 0.673. The number of thiazole rings is 1. The molecule has 0 fully saturated rings. The van der Waals surface area contributed by atoms with Gasteiger partial charge in [-0.15, -0.1) is 11.3 Å². The van der Waals surface area contributed by atoms with Gasteiger partial charge in [0.1, 0.15) is 12.4 Å². The second-order valence-corrected chi connectivity index (χ2v) is 7.65. The van der Waals surface area contributed by atoms with E-state index in [9.17, 15) is 9.59 Å². The monoisotopic (exact) mass is 411 g/mol. The highest BCUT2D eigenvalue weighted by Gasteiger charge is 2.17. The molecule has 0 saturated heterocycles.